The maximum atomic E-state index is 12.7. The summed E-state index contributed by atoms with van der Waals surface area (Å²) in [6, 6.07) is 10.9. The van der Waals surface area contributed by atoms with Gasteiger partial charge in [0.2, 0.25) is 5.91 Å². The third kappa shape index (κ3) is 4.03. The minimum atomic E-state index is -0.405. The smallest absolute Gasteiger partial charge is 0.262 e. The van der Waals surface area contributed by atoms with Crippen molar-refractivity contribution in [2.24, 2.45) is 7.05 Å². The number of nitrogens with one attached hydrogen (secondary N) is 1. The van der Waals surface area contributed by atoms with Crippen molar-refractivity contribution in [2.75, 3.05) is 26.2 Å². The van der Waals surface area contributed by atoms with Gasteiger partial charge in [-0.25, -0.2) is 0 Å². The molecule has 7 nitrogen and oxygen atoms in total. The van der Waals surface area contributed by atoms with Gasteiger partial charge in [0.05, 0.1) is 17.2 Å². The standard InChI is InChI=1S/C23H28N4O3/c1-25-12-8-11-19(25)20(26-13-6-2-3-7-14-26)15-24-21(28)16-27-22(29)17-9-4-5-10-18(17)23(27)30/h4-5,8-12,20H,2-3,6-7,13-16H2,1H3,(H,24,28). The molecular formula is C23H28N4O3. The SMILES string of the molecule is Cn1cccc1C(CNC(=O)CN1C(=O)c2ccccc2C1=O)N1CCCCCC1. The van der Waals surface area contributed by atoms with E-state index in [1.54, 1.807) is 24.3 Å². The highest BCUT2D eigenvalue weighted by Gasteiger charge is 2.36. The molecule has 3 heterocycles. The first-order valence-corrected chi connectivity index (χ1v) is 10.6. The molecule has 158 valence electrons. The lowest BCUT2D eigenvalue weighted by Crippen LogP contribution is -2.44. The maximum Gasteiger partial charge on any atom is 0.262 e. The summed E-state index contributed by atoms with van der Waals surface area (Å²) in [4.78, 5) is 41.2. The number of carbonyl (C=O) groups excluding carboxylic acids is 3. The molecule has 2 aromatic rings. The van der Waals surface area contributed by atoms with E-state index in [-0.39, 0.29) is 18.5 Å². The minimum Gasteiger partial charge on any atom is -0.353 e. The Balaban J connectivity index is 1.42. The van der Waals surface area contributed by atoms with E-state index in [9.17, 15) is 14.4 Å². The Morgan fingerprint density at radius 3 is 2.17 bits per heavy atom. The third-order valence-corrected chi connectivity index (χ3v) is 6.08. The fraction of sp³-hybridized carbons (Fsp3) is 0.435. The van der Waals surface area contributed by atoms with Crippen molar-refractivity contribution in [3.8, 4) is 0 Å². The van der Waals surface area contributed by atoms with Gasteiger partial charge in [0, 0.05) is 25.5 Å². The number of nitrogens with zero attached hydrogens (tertiary/aromatic N) is 3. The summed E-state index contributed by atoms with van der Waals surface area (Å²) < 4.78 is 2.09. The molecule has 1 fully saturated rings. The van der Waals surface area contributed by atoms with Crippen LogP contribution in [0.25, 0.3) is 0 Å². The molecule has 2 aliphatic rings. The van der Waals surface area contributed by atoms with Gasteiger partial charge >= 0.3 is 0 Å². The van der Waals surface area contributed by atoms with E-state index in [2.05, 4.69) is 20.9 Å². The summed E-state index contributed by atoms with van der Waals surface area (Å²) in [5.41, 5.74) is 1.88. The summed E-state index contributed by atoms with van der Waals surface area (Å²) in [5.74, 6) is -1.13. The summed E-state index contributed by atoms with van der Waals surface area (Å²) >= 11 is 0. The number of hydrogen-bond acceptors (Lipinski definition) is 4. The monoisotopic (exact) mass is 408 g/mol. The van der Waals surface area contributed by atoms with E-state index in [0.717, 1.165) is 36.5 Å². The lowest BCUT2D eigenvalue weighted by molar-refractivity contribution is -0.121. The van der Waals surface area contributed by atoms with Crippen LogP contribution in [0.1, 0.15) is 58.1 Å². The fourth-order valence-electron chi connectivity index (χ4n) is 4.44. The minimum absolute atomic E-state index is 0.0641. The van der Waals surface area contributed by atoms with E-state index in [1.165, 1.54) is 12.8 Å². The zero-order valence-electron chi connectivity index (χ0n) is 17.3. The number of amides is 3. The summed E-state index contributed by atoms with van der Waals surface area (Å²) in [5, 5.41) is 2.97. The molecule has 0 saturated carbocycles. The lowest BCUT2D eigenvalue weighted by atomic mass is 10.1. The Labute approximate surface area is 176 Å². The number of aromatic nitrogens is 1. The Kier molecular flexibility index (Phi) is 5.99. The van der Waals surface area contributed by atoms with Gasteiger partial charge in [0.1, 0.15) is 6.54 Å². The van der Waals surface area contributed by atoms with Crippen LogP contribution in [0.15, 0.2) is 42.6 Å². The van der Waals surface area contributed by atoms with E-state index in [0.29, 0.717) is 17.7 Å². The average Bonchev–Trinajstić information content (AvgIpc) is 3.13. The highest BCUT2D eigenvalue weighted by atomic mass is 16.2. The fourth-order valence-corrected chi connectivity index (χ4v) is 4.44. The van der Waals surface area contributed by atoms with Crippen molar-refractivity contribution in [1.82, 2.24) is 19.7 Å². The highest BCUT2D eigenvalue weighted by Crippen LogP contribution is 2.25. The van der Waals surface area contributed by atoms with Crippen LogP contribution < -0.4 is 5.32 Å². The molecule has 0 aliphatic carbocycles. The quantitative estimate of drug-likeness (QED) is 0.745. The van der Waals surface area contributed by atoms with E-state index >= 15 is 0 Å². The molecule has 2 aliphatic heterocycles. The topological polar surface area (TPSA) is 74.6 Å². The molecule has 0 spiro atoms. The van der Waals surface area contributed by atoms with Gasteiger partial charge < -0.3 is 9.88 Å². The predicted molar refractivity (Wildman–Crippen MR) is 113 cm³/mol. The molecule has 0 bridgehead atoms. The van der Waals surface area contributed by atoms with Gasteiger partial charge in [0.25, 0.3) is 11.8 Å². The zero-order valence-corrected chi connectivity index (χ0v) is 17.3. The van der Waals surface area contributed by atoms with Crippen LogP contribution in [0.3, 0.4) is 0 Å². The van der Waals surface area contributed by atoms with Crippen molar-refractivity contribution < 1.29 is 14.4 Å². The Hall–Kier alpha value is -2.93. The summed E-state index contributed by atoms with van der Waals surface area (Å²) in [7, 11) is 2.01. The lowest BCUT2D eigenvalue weighted by Gasteiger charge is -2.31. The largest absolute Gasteiger partial charge is 0.353 e. The molecule has 30 heavy (non-hydrogen) atoms. The van der Waals surface area contributed by atoms with Crippen LogP contribution in [0, 0.1) is 0 Å². The number of fused-ring (bicyclic) bond motifs is 1. The molecule has 0 radical (unpaired) electrons. The molecule has 4 rings (SSSR count). The molecule has 1 atom stereocenters. The van der Waals surface area contributed by atoms with Crippen LogP contribution in [0.5, 0.6) is 0 Å². The van der Waals surface area contributed by atoms with Gasteiger partial charge in [0.15, 0.2) is 0 Å². The molecular weight excluding hydrogens is 380 g/mol. The van der Waals surface area contributed by atoms with Gasteiger partial charge in [-0.1, -0.05) is 25.0 Å². The third-order valence-electron chi connectivity index (χ3n) is 6.08. The second kappa shape index (κ2) is 8.83. The van der Waals surface area contributed by atoms with Crippen LogP contribution in [-0.4, -0.2) is 58.3 Å². The van der Waals surface area contributed by atoms with Gasteiger partial charge in [-0.2, -0.15) is 0 Å². The first-order chi connectivity index (χ1) is 14.6. The van der Waals surface area contributed by atoms with Crippen LogP contribution >= 0.6 is 0 Å². The Bertz CT molecular complexity index is 908. The van der Waals surface area contributed by atoms with Crippen molar-refractivity contribution in [2.45, 2.75) is 31.7 Å². The second-order valence-electron chi connectivity index (χ2n) is 8.06. The van der Waals surface area contributed by atoms with Crippen molar-refractivity contribution >= 4 is 17.7 Å². The number of likely N-dealkylation sites (tertiary alicyclic amines) is 1. The van der Waals surface area contributed by atoms with Crippen LogP contribution in [0.4, 0.5) is 0 Å². The van der Waals surface area contributed by atoms with Crippen LogP contribution in [0.2, 0.25) is 0 Å². The molecule has 1 aromatic heterocycles. The Morgan fingerprint density at radius 2 is 1.60 bits per heavy atom. The maximum absolute atomic E-state index is 12.7. The van der Waals surface area contributed by atoms with Crippen LogP contribution in [-0.2, 0) is 11.8 Å². The normalized spacial score (nSPS) is 18.2. The summed E-state index contributed by atoms with van der Waals surface area (Å²) in [6.45, 7) is 2.19. The molecule has 1 aromatic carbocycles. The van der Waals surface area contributed by atoms with Gasteiger partial charge in [-0.15, -0.1) is 0 Å². The average molecular weight is 409 g/mol. The zero-order chi connectivity index (χ0) is 21.1. The molecule has 1 N–H and O–H groups in total. The number of carbonyl (C=O) groups is 3. The molecule has 1 saturated heterocycles. The molecule has 3 amide bonds. The van der Waals surface area contributed by atoms with E-state index in [4.69, 9.17) is 0 Å². The first-order valence-electron chi connectivity index (χ1n) is 10.6. The molecule has 1 unspecified atom stereocenters. The summed E-state index contributed by atoms with van der Waals surface area (Å²) in [6.07, 6.45) is 6.81. The number of rotatable bonds is 6. The predicted octanol–water partition coefficient (Wildman–Crippen LogP) is 2.35. The highest BCUT2D eigenvalue weighted by molar-refractivity contribution is 6.22. The number of benzene rings is 1. The van der Waals surface area contributed by atoms with Gasteiger partial charge in [-0.3, -0.25) is 24.2 Å². The second-order valence-corrected chi connectivity index (χ2v) is 8.06. The van der Waals surface area contributed by atoms with E-state index < -0.39 is 11.8 Å². The number of imide groups is 1. The van der Waals surface area contributed by atoms with Crippen molar-refractivity contribution in [3.05, 3.63) is 59.4 Å². The first kappa shape index (κ1) is 20.3. The Morgan fingerprint density at radius 1 is 0.967 bits per heavy atom. The van der Waals surface area contributed by atoms with Crippen molar-refractivity contribution in [1.29, 1.82) is 0 Å². The molecule has 7 heteroatoms. The van der Waals surface area contributed by atoms with E-state index in [1.807, 2.05) is 19.3 Å². The van der Waals surface area contributed by atoms with Crippen molar-refractivity contribution in [3.63, 3.8) is 0 Å². The van der Waals surface area contributed by atoms with Gasteiger partial charge in [-0.05, 0) is 50.2 Å². The number of hydrogen-bond donors (Lipinski definition) is 1. The number of aryl methyl sites for hydroxylation is 1.